The lowest BCUT2D eigenvalue weighted by atomic mass is 10.1. The van der Waals surface area contributed by atoms with Gasteiger partial charge in [0.05, 0.1) is 7.11 Å². The second-order valence-corrected chi connectivity index (χ2v) is 4.73. The minimum Gasteiger partial charge on any atom is -0.496 e. The molecule has 0 aliphatic carbocycles. The molecule has 100 valence electrons. The molecule has 1 aromatic rings. The van der Waals surface area contributed by atoms with Crippen LogP contribution < -0.4 is 15.4 Å². The zero-order chi connectivity index (χ0) is 12.8. The van der Waals surface area contributed by atoms with Crippen LogP contribution in [0.2, 0.25) is 0 Å². The van der Waals surface area contributed by atoms with Gasteiger partial charge in [-0.15, -0.1) is 0 Å². The van der Waals surface area contributed by atoms with Crippen molar-refractivity contribution in [1.29, 1.82) is 0 Å². The molecule has 1 aromatic carbocycles. The topological polar surface area (TPSA) is 33.3 Å². The molecule has 1 aliphatic rings. The number of hydrogen-bond donors (Lipinski definition) is 2. The fourth-order valence-electron chi connectivity index (χ4n) is 2.36. The Kier molecular flexibility index (Phi) is 4.96. The highest BCUT2D eigenvalue weighted by molar-refractivity contribution is 5.33. The molecule has 1 heterocycles. The van der Waals surface area contributed by atoms with Gasteiger partial charge in [0.1, 0.15) is 11.6 Å². The van der Waals surface area contributed by atoms with E-state index >= 15 is 0 Å². The molecule has 18 heavy (non-hydrogen) atoms. The first-order valence-electron chi connectivity index (χ1n) is 6.56. The van der Waals surface area contributed by atoms with E-state index in [4.69, 9.17) is 4.74 Å². The molecule has 4 heteroatoms. The standard InChI is InChI=1S/C14H21FN2O/c1-18-14-6-5-12(15)8-11(14)9-16-10-13-4-2-3-7-17-13/h5-6,8,13,16-17H,2-4,7,9-10H2,1H3. The summed E-state index contributed by atoms with van der Waals surface area (Å²) in [7, 11) is 1.61. The van der Waals surface area contributed by atoms with Crippen LogP contribution in [0.25, 0.3) is 0 Å². The number of methoxy groups -OCH3 is 1. The third-order valence-electron chi connectivity index (χ3n) is 3.36. The molecule has 0 saturated carbocycles. The largest absolute Gasteiger partial charge is 0.496 e. The normalized spacial score (nSPS) is 19.8. The highest BCUT2D eigenvalue weighted by Gasteiger charge is 2.12. The van der Waals surface area contributed by atoms with E-state index in [0.717, 1.165) is 24.4 Å². The van der Waals surface area contributed by atoms with Gasteiger partial charge in [0.2, 0.25) is 0 Å². The predicted octanol–water partition coefficient (Wildman–Crippen LogP) is 2.07. The van der Waals surface area contributed by atoms with Crippen molar-refractivity contribution >= 4 is 0 Å². The fourth-order valence-corrected chi connectivity index (χ4v) is 2.36. The van der Waals surface area contributed by atoms with Crippen molar-refractivity contribution in [3.63, 3.8) is 0 Å². The van der Waals surface area contributed by atoms with E-state index in [1.165, 1.54) is 31.4 Å². The summed E-state index contributed by atoms with van der Waals surface area (Å²) in [5, 5.41) is 6.84. The molecule has 1 aliphatic heterocycles. The number of piperidine rings is 1. The minimum atomic E-state index is -0.219. The summed E-state index contributed by atoms with van der Waals surface area (Å²) >= 11 is 0. The predicted molar refractivity (Wildman–Crippen MR) is 70.3 cm³/mol. The number of halogens is 1. The molecule has 1 atom stereocenters. The zero-order valence-corrected chi connectivity index (χ0v) is 10.8. The maximum absolute atomic E-state index is 13.2. The second-order valence-electron chi connectivity index (χ2n) is 4.73. The Hall–Kier alpha value is -1.13. The van der Waals surface area contributed by atoms with Gasteiger partial charge in [0, 0.05) is 24.7 Å². The summed E-state index contributed by atoms with van der Waals surface area (Å²) in [5.41, 5.74) is 0.869. The quantitative estimate of drug-likeness (QED) is 0.841. The number of benzene rings is 1. The van der Waals surface area contributed by atoms with Crippen molar-refractivity contribution in [3.05, 3.63) is 29.6 Å². The van der Waals surface area contributed by atoms with E-state index in [9.17, 15) is 4.39 Å². The number of rotatable bonds is 5. The van der Waals surface area contributed by atoms with E-state index in [2.05, 4.69) is 10.6 Å². The lowest BCUT2D eigenvalue weighted by Crippen LogP contribution is -2.41. The number of nitrogens with one attached hydrogen (secondary N) is 2. The van der Waals surface area contributed by atoms with Crippen molar-refractivity contribution in [2.45, 2.75) is 31.8 Å². The third kappa shape index (κ3) is 3.68. The lowest BCUT2D eigenvalue weighted by molar-refractivity contribution is 0.378. The molecule has 0 amide bonds. The van der Waals surface area contributed by atoms with Crippen LogP contribution in [0.1, 0.15) is 24.8 Å². The first-order valence-corrected chi connectivity index (χ1v) is 6.56. The number of hydrogen-bond acceptors (Lipinski definition) is 3. The number of ether oxygens (including phenoxy) is 1. The Morgan fingerprint density at radius 1 is 1.44 bits per heavy atom. The van der Waals surface area contributed by atoms with Crippen molar-refractivity contribution in [1.82, 2.24) is 10.6 Å². The van der Waals surface area contributed by atoms with Gasteiger partial charge in [-0.25, -0.2) is 4.39 Å². The van der Waals surface area contributed by atoms with Crippen LogP contribution in [0, 0.1) is 5.82 Å². The van der Waals surface area contributed by atoms with Gasteiger partial charge in [-0.2, -0.15) is 0 Å². The molecule has 0 spiro atoms. The summed E-state index contributed by atoms with van der Waals surface area (Å²) in [6, 6.07) is 5.16. The van der Waals surface area contributed by atoms with Crippen LogP contribution in [0.15, 0.2) is 18.2 Å². The second kappa shape index (κ2) is 6.71. The van der Waals surface area contributed by atoms with Crippen LogP contribution in [-0.2, 0) is 6.54 Å². The minimum absolute atomic E-state index is 0.219. The first-order chi connectivity index (χ1) is 8.79. The van der Waals surface area contributed by atoms with Gasteiger partial charge in [0.15, 0.2) is 0 Å². The molecular weight excluding hydrogens is 231 g/mol. The van der Waals surface area contributed by atoms with Crippen LogP contribution in [0.4, 0.5) is 4.39 Å². The maximum Gasteiger partial charge on any atom is 0.123 e. The van der Waals surface area contributed by atoms with E-state index < -0.39 is 0 Å². The Morgan fingerprint density at radius 3 is 3.06 bits per heavy atom. The molecule has 0 radical (unpaired) electrons. The Bertz CT molecular complexity index is 378. The van der Waals surface area contributed by atoms with Gasteiger partial charge in [-0.3, -0.25) is 0 Å². The molecular formula is C14H21FN2O. The van der Waals surface area contributed by atoms with Crippen LogP contribution in [-0.4, -0.2) is 26.2 Å². The summed E-state index contributed by atoms with van der Waals surface area (Å²) in [6.07, 6.45) is 3.78. The van der Waals surface area contributed by atoms with Crippen molar-refractivity contribution in [3.8, 4) is 5.75 Å². The average Bonchev–Trinajstić information content (AvgIpc) is 2.40. The molecule has 3 nitrogen and oxygen atoms in total. The first kappa shape index (κ1) is 13.3. The highest BCUT2D eigenvalue weighted by Crippen LogP contribution is 2.19. The van der Waals surface area contributed by atoms with Gasteiger partial charge >= 0.3 is 0 Å². The SMILES string of the molecule is COc1ccc(F)cc1CNCC1CCCCN1. The van der Waals surface area contributed by atoms with Crippen molar-refractivity contribution in [2.75, 3.05) is 20.2 Å². The Labute approximate surface area is 108 Å². The van der Waals surface area contributed by atoms with Crippen LogP contribution >= 0.6 is 0 Å². The van der Waals surface area contributed by atoms with Crippen molar-refractivity contribution in [2.24, 2.45) is 0 Å². The summed E-state index contributed by atoms with van der Waals surface area (Å²) < 4.78 is 18.4. The lowest BCUT2D eigenvalue weighted by Gasteiger charge is -2.23. The van der Waals surface area contributed by atoms with Gasteiger partial charge in [0.25, 0.3) is 0 Å². The summed E-state index contributed by atoms with van der Waals surface area (Å²) in [5.74, 6) is 0.517. The van der Waals surface area contributed by atoms with Crippen LogP contribution in [0.5, 0.6) is 5.75 Å². The van der Waals surface area contributed by atoms with Gasteiger partial charge in [-0.1, -0.05) is 6.42 Å². The Balaban J connectivity index is 1.83. The summed E-state index contributed by atoms with van der Waals surface area (Å²) in [6.45, 7) is 2.66. The van der Waals surface area contributed by atoms with Gasteiger partial charge in [-0.05, 0) is 37.6 Å². The molecule has 0 bridgehead atoms. The summed E-state index contributed by atoms with van der Waals surface area (Å²) in [4.78, 5) is 0. The maximum atomic E-state index is 13.2. The fraction of sp³-hybridized carbons (Fsp3) is 0.571. The monoisotopic (exact) mass is 252 g/mol. The van der Waals surface area contributed by atoms with Crippen LogP contribution in [0.3, 0.4) is 0 Å². The van der Waals surface area contributed by atoms with E-state index in [1.54, 1.807) is 13.2 Å². The molecule has 1 saturated heterocycles. The molecule has 2 rings (SSSR count). The van der Waals surface area contributed by atoms with Gasteiger partial charge < -0.3 is 15.4 Å². The average molecular weight is 252 g/mol. The molecule has 1 fully saturated rings. The molecule has 0 aromatic heterocycles. The molecule has 1 unspecified atom stereocenters. The zero-order valence-electron chi connectivity index (χ0n) is 10.8. The smallest absolute Gasteiger partial charge is 0.123 e. The Morgan fingerprint density at radius 2 is 2.33 bits per heavy atom. The highest BCUT2D eigenvalue weighted by atomic mass is 19.1. The van der Waals surface area contributed by atoms with E-state index in [-0.39, 0.29) is 5.82 Å². The van der Waals surface area contributed by atoms with E-state index in [0.29, 0.717) is 12.6 Å². The third-order valence-corrected chi connectivity index (χ3v) is 3.36. The molecule has 2 N–H and O–H groups in total. The van der Waals surface area contributed by atoms with E-state index in [1.807, 2.05) is 0 Å². The van der Waals surface area contributed by atoms with Crippen molar-refractivity contribution < 1.29 is 9.13 Å².